The molecule has 2 rings (SSSR count). The van der Waals surface area contributed by atoms with Crippen LogP contribution in [0.5, 0.6) is 17.2 Å². The second-order valence-corrected chi connectivity index (χ2v) is 8.86. The fraction of sp³-hybridized carbons (Fsp3) is 0.519. The molecule has 0 radical (unpaired) electrons. The minimum absolute atomic E-state index is 0. The topological polar surface area (TPSA) is 72.5 Å². The number of hydrogen-bond acceptors (Lipinski definition) is 7. The zero-order valence-electron chi connectivity index (χ0n) is 23.6. The van der Waals surface area contributed by atoms with Gasteiger partial charge in [-0.1, -0.05) is 18.2 Å². The minimum Gasteiger partial charge on any atom is -1.00 e. The maximum Gasteiger partial charge on any atom is 1.00 e. The van der Waals surface area contributed by atoms with E-state index in [-0.39, 0.29) is 34.4 Å². The summed E-state index contributed by atoms with van der Waals surface area (Å²) < 4.78 is 34.3. The van der Waals surface area contributed by atoms with Gasteiger partial charge in [0.1, 0.15) is 37.1 Å². The first kappa shape index (κ1) is 32.4. The van der Waals surface area contributed by atoms with E-state index in [1.54, 1.807) is 0 Å². The van der Waals surface area contributed by atoms with Crippen molar-refractivity contribution in [3.63, 3.8) is 0 Å². The van der Waals surface area contributed by atoms with E-state index in [9.17, 15) is 4.79 Å². The van der Waals surface area contributed by atoms with Crippen LogP contribution in [-0.2, 0) is 14.2 Å². The van der Waals surface area contributed by atoms with Gasteiger partial charge in [0.2, 0.25) is 0 Å². The number of rotatable bonds is 18. The van der Waals surface area contributed by atoms with E-state index >= 15 is 0 Å². The summed E-state index contributed by atoms with van der Waals surface area (Å²) in [5.41, 5.74) is 2.69. The average Bonchev–Trinajstić information content (AvgIpc) is 2.84. The Bertz CT molecular complexity index is 876. The second-order valence-electron chi connectivity index (χ2n) is 7.65. The summed E-state index contributed by atoms with van der Waals surface area (Å²) in [5.74, 6) is 1.71. The Morgan fingerprint density at radius 1 is 0.750 bits per heavy atom. The van der Waals surface area contributed by atoms with Gasteiger partial charge in [-0.3, -0.25) is 4.79 Å². The minimum atomic E-state index is -0.182. The maximum atomic E-state index is 13.4. The third-order valence-electron chi connectivity index (χ3n) is 5.07. The molecular weight excluding hydrogens is 474 g/mol. The smallest absolute Gasteiger partial charge is 1.00 e. The molecular formula is C27H40LiO7P. The Balaban J connectivity index is 0.00000648. The molecule has 0 N–H and O–H groups in total. The molecule has 9 heteroatoms. The van der Waals surface area contributed by atoms with Gasteiger partial charge in [0.15, 0.2) is 5.52 Å². The van der Waals surface area contributed by atoms with Gasteiger partial charge in [-0.05, 0) is 54.3 Å². The van der Waals surface area contributed by atoms with Crippen molar-refractivity contribution in [2.75, 3.05) is 59.5 Å². The van der Waals surface area contributed by atoms with Crippen molar-refractivity contribution in [3.05, 3.63) is 47.0 Å². The molecule has 0 saturated heterocycles. The van der Waals surface area contributed by atoms with E-state index in [0.29, 0.717) is 82.0 Å². The Labute approximate surface area is 231 Å². The van der Waals surface area contributed by atoms with Crippen molar-refractivity contribution in [3.8, 4) is 17.2 Å². The van der Waals surface area contributed by atoms with Crippen LogP contribution in [0, 0.1) is 13.8 Å². The maximum absolute atomic E-state index is 13.4. The summed E-state index contributed by atoms with van der Waals surface area (Å²) in [5, 5.41) is 0.711. The zero-order chi connectivity index (χ0) is 25.5. The van der Waals surface area contributed by atoms with Crippen LogP contribution < -0.4 is 38.4 Å². The van der Waals surface area contributed by atoms with Gasteiger partial charge in [-0.25, -0.2) is 0 Å². The zero-order valence-corrected chi connectivity index (χ0v) is 23.6. The van der Waals surface area contributed by atoms with Crippen molar-refractivity contribution < 1.29 is 53.5 Å². The van der Waals surface area contributed by atoms with Crippen LogP contribution in [0.4, 0.5) is 0 Å². The summed E-state index contributed by atoms with van der Waals surface area (Å²) in [6.45, 7) is 14.0. The quantitative estimate of drug-likeness (QED) is 0.171. The summed E-state index contributed by atoms with van der Waals surface area (Å²) in [6.07, 6.45) is 0. The summed E-state index contributed by atoms with van der Waals surface area (Å²) in [7, 11) is -0.182. The Kier molecular flexibility index (Phi) is 16.8. The van der Waals surface area contributed by atoms with Gasteiger partial charge < -0.3 is 29.8 Å². The van der Waals surface area contributed by atoms with Crippen molar-refractivity contribution in [1.29, 1.82) is 0 Å². The molecule has 0 heterocycles. The molecule has 36 heavy (non-hydrogen) atoms. The normalized spacial score (nSPS) is 10.9. The standard InChI is InChI=1S/C27H39O7P.Li.H/c1-6-29-12-15-32-22-18-23(33-16-13-30-7-2)26(24(19-22)34-17-14-31-8-3)35-27(28)25-20(4)10-9-11-21(25)5;;/h9-11,18-19,35H,6-8,12-17H2,1-5H3;;/q;+1;-1. The van der Waals surface area contributed by atoms with Crippen molar-refractivity contribution in [1.82, 2.24) is 0 Å². The van der Waals surface area contributed by atoms with Crippen LogP contribution in [-0.4, -0.2) is 65.0 Å². The molecule has 2 aromatic carbocycles. The van der Waals surface area contributed by atoms with Gasteiger partial charge in [0.25, 0.3) is 0 Å². The molecule has 0 aliphatic rings. The van der Waals surface area contributed by atoms with Crippen LogP contribution in [0.15, 0.2) is 30.3 Å². The van der Waals surface area contributed by atoms with E-state index in [1.165, 1.54) is 0 Å². The van der Waals surface area contributed by atoms with Crippen LogP contribution >= 0.6 is 8.58 Å². The number of carbonyl (C=O) groups is 1. The summed E-state index contributed by atoms with van der Waals surface area (Å²) in [4.78, 5) is 13.4. The van der Waals surface area contributed by atoms with Gasteiger partial charge >= 0.3 is 18.9 Å². The monoisotopic (exact) mass is 514 g/mol. The third-order valence-corrected chi connectivity index (χ3v) is 6.29. The largest absolute Gasteiger partial charge is 1.00 e. The van der Waals surface area contributed by atoms with Crippen LogP contribution in [0.3, 0.4) is 0 Å². The Morgan fingerprint density at radius 2 is 1.19 bits per heavy atom. The SMILES string of the molecule is CCOCCOc1cc(OCCOCC)c(PC(=O)c2c(C)cccc2C)c(OCCOCC)c1.[H-].[Li+]. The molecule has 1 unspecified atom stereocenters. The molecule has 0 aliphatic carbocycles. The van der Waals surface area contributed by atoms with Gasteiger partial charge in [0, 0.05) is 37.5 Å². The Morgan fingerprint density at radius 3 is 1.64 bits per heavy atom. The fourth-order valence-corrected chi connectivity index (χ4v) is 4.70. The van der Waals surface area contributed by atoms with Crippen LogP contribution in [0.1, 0.15) is 43.7 Å². The Hall–Kier alpha value is -1.58. The van der Waals surface area contributed by atoms with E-state index < -0.39 is 0 Å². The van der Waals surface area contributed by atoms with Gasteiger partial charge in [-0.2, -0.15) is 0 Å². The van der Waals surface area contributed by atoms with E-state index in [0.717, 1.165) is 16.7 Å². The number of ether oxygens (including phenoxy) is 6. The molecule has 196 valence electrons. The molecule has 0 saturated carbocycles. The molecule has 0 bridgehead atoms. The van der Waals surface area contributed by atoms with Crippen molar-refractivity contribution in [2.24, 2.45) is 0 Å². The first-order valence-electron chi connectivity index (χ1n) is 12.2. The van der Waals surface area contributed by atoms with E-state index in [1.807, 2.05) is 65.0 Å². The first-order chi connectivity index (χ1) is 17.0. The predicted molar refractivity (Wildman–Crippen MR) is 142 cm³/mol. The number of aryl methyl sites for hydroxylation is 2. The van der Waals surface area contributed by atoms with E-state index in [4.69, 9.17) is 28.4 Å². The van der Waals surface area contributed by atoms with Crippen molar-refractivity contribution in [2.45, 2.75) is 34.6 Å². The molecule has 2 aromatic rings. The van der Waals surface area contributed by atoms with Crippen LogP contribution in [0.25, 0.3) is 0 Å². The number of carbonyl (C=O) groups excluding carboxylic acids is 1. The number of benzene rings is 2. The first-order valence-corrected chi connectivity index (χ1v) is 13.2. The summed E-state index contributed by atoms with van der Waals surface area (Å²) in [6, 6.07) is 9.50. The molecule has 0 aromatic heterocycles. The third kappa shape index (κ3) is 10.8. The summed E-state index contributed by atoms with van der Waals surface area (Å²) >= 11 is 0. The molecule has 7 nitrogen and oxygen atoms in total. The van der Waals surface area contributed by atoms with Crippen LogP contribution in [0.2, 0.25) is 0 Å². The van der Waals surface area contributed by atoms with Gasteiger partial charge in [-0.15, -0.1) is 0 Å². The molecule has 0 aliphatic heterocycles. The molecule has 0 amide bonds. The molecule has 1 atom stereocenters. The fourth-order valence-electron chi connectivity index (χ4n) is 3.42. The van der Waals surface area contributed by atoms with E-state index in [2.05, 4.69) is 0 Å². The van der Waals surface area contributed by atoms with Crippen molar-refractivity contribution >= 4 is 19.4 Å². The molecule has 0 spiro atoms. The predicted octanol–water partition coefficient (Wildman–Crippen LogP) is 1.81. The number of hydrogen-bond donors (Lipinski definition) is 0. The second kappa shape index (κ2) is 18.6. The molecule has 0 fully saturated rings. The average molecular weight is 515 g/mol. The van der Waals surface area contributed by atoms with Gasteiger partial charge in [0.05, 0.1) is 25.1 Å².